The van der Waals surface area contributed by atoms with E-state index in [1.807, 2.05) is 0 Å². The van der Waals surface area contributed by atoms with Gasteiger partial charge in [0.05, 0.1) is 11.3 Å². The van der Waals surface area contributed by atoms with Crippen LogP contribution < -0.4 is 0 Å². The number of carboxylic acid groups (broad SMARTS) is 1. The third-order valence-electron chi connectivity index (χ3n) is 3.43. The molecule has 1 N–H and O–H groups in total. The molecule has 1 heterocycles. The maximum Gasteiger partial charge on any atom is 0.335 e. The molecule has 124 valence electrons. The van der Waals surface area contributed by atoms with Gasteiger partial charge in [0.2, 0.25) is 10.0 Å². The monoisotopic (exact) mass is 342 g/mol. The summed E-state index contributed by atoms with van der Waals surface area (Å²) in [6.07, 6.45) is 0. The van der Waals surface area contributed by atoms with Crippen molar-refractivity contribution in [3.8, 4) is 0 Å². The Kier molecular flexibility index (Phi) is 4.53. The van der Waals surface area contributed by atoms with Crippen molar-refractivity contribution in [2.24, 2.45) is 0 Å². The molecule has 0 saturated heterocycles. The number of hydrogen-bond acceptors (Lipinski definition) is 5. The number of carbonyl (C=O) groups is 1. The maximum atomic E-state index is 14.0. The highest BCUT2D eigenvalue weighted by molar-refractivity contribution is 7.89. The van der Waals surface area contributed by atoms with Gasteiger partial charge in [-0.05, 0) is 32.0 Å². The quantitative estimate of drug-likeness (QED) is 0.891. The van der Waals surface area contributed by atoms with Crippen molar-refractivity contribution in [3.63, 3.8) is 0 Å². The van der Waals surface area contributed by atoms with Crippen LogP contribution in [0.5, 0.6) is 0 Å². The highest BCUT2D eigenvalue weighted by Crippen LogP contribution is 2.23. The second-order valence-corrected chi connectivity index (χ2v) is 7.03. The number of benzene rings is 1. The van der Waals surface area contributed by atoms with Gasteiger partial charge in [0, 0.05) is 19.2 Å². The minimum Gasteiger partial charge on any atom is -0.478 e. The average Bonchev–Trinajstić information content (AvgIpc) is 2.78. The number of rotatable bonds is 5. The van der Waals surface area contributed by atoms with E-state index in [4.69, 9.17) is 9.63 Å². The highest BCUT2D eigenvalue weighted by Gasteiger charge is 2.27. The third-order valence-corrected chi connectivity index (χ3v) is 5.27. The lowest BCUT2D eigenvalue weighted by Gasteiger charge is -2.17. The minimum atomic E-state index is -4.13. The molecule has 0 spiro atoms. The summed E-state index contributed by atoms with van der Waals surface area (Å²) in [5, 5.41) is 12.5. The molecule has 0 aliphatic heterocycles. The molecule has 0 bridgehead atoms. The Labute approximate surface area is 132 Å². The van der Waals surface area contributed by atoms with Gasteiger partial charge in [0.15, 0.2) is 0 Å². The molecule has 0 radical (unpaired) electrons. The zero-order valence-electron chi connectivity index (χ0n) is 12.7. The summed E-state index contributed by atoms with van der Waals surface area (Å²) in [5.74, 6) is -1.97. The number of sulfonamides is 1. The zero-order valence-corrected chi connectivity index (χ0v) is 13.5. The molecule has 1 aromatic heterocycles. The Morgan fingerprint density at radius 2 is 2.04 bits per heavy atom. The molecule has 2 aromatic rings. The number of carboxylic acids is 1. The van der Waals surface area contributed by atoms with E-state index in [2.05, 4.69) is 5.16 Å². The fourth-order valence-corrected chi connectivity index (χ4v) is 3.23. The van der Waals surface area contributed by atoms with Crippen LogP contribution in [-0.4, -0.2) is 36.0 Å². The van der Waals surface area contributed by atoms with Crippen molar-refractivity contribution < 1.29 is 27.2 Å². The Bertz CT molecular complexity index is 841. The van der Waals surface area contributed by atoms with Gasteiger partial charge >= 0.3 is 5.97 Å². The van der Waals surface area contributed by atoms with Gasteiger partial charge in [-0.15, -0.1) is 0 Å². The third kappa shape index (κ3) is 3.25. The van der Waals surface area contributed by atoms with E-state index in [0.717, 1.165) is 16.4 Å². The van der Waals surface area contributed by atoms with Crippen LogP contribution in [0, 0.1) is 19.7 Å². The zero-order chi connectivity index (χ0) is 17.4. The van der Waals surface area contributed by atoms with Crippen LogP contribution in [0.1, 0.15) is 27.4 Å². The first-order valence-electron chi connectivity index (χ1n) is 6.55. The fourth-order valence-electron chi connectivity index (χ4n) is 2.05. The SMILES string of the molecule is Cc1noc(C)c1CN(C)S(=O)(=O)c1ccc(C(=O)O)cc1F. The molecule has 0 saturated carbocycles. The summed E-state index contributed by atoms with van der Waals surface area (Å²) in [4.78, 5) is 10.2. The number of halogens is 1. The molecule has 23 heavy (non-hydrogen) atoms. The van der Waals surface area contributed by atoms with Crippen molar-refractivity contribution in [3.05, 3.63) is 46.6 Å². The van der Waals surface area contributed by atoms with Gasteiger partial charge < -0.3 is 9.63 Å². The lowest BCUT2D eigenvalue weighted by Crippen LogP contribution is -2.27. The van der Waals surface area contributed by atoms with Crippen LogP contribution in [0.25, 0.3) is 0 Å². The van der Waals surface area contributed by atoms with Crippen molar-refractivity contribution >= 4 is 16.0 Å². The van der Waals surface area contributed by atoms with E-state index in [1.54, 1.807) is 13.8 Å². The second-order valence-electron chi connectivity index (χ2n) is 5.01. The molecule has 1 aromatic carbocycles. The predicted octanol–water partition coefficient (Wildman–Crippen LogP) is 1.95. The van der Waals surface area contributed by atoms with Gasteiger partial charge in [-0.25, -0.2) is 17.6 Å². The fraction of sp³-hybridized carbons (Fsp3) is 0.286. The van der Waals surface area contributed by atoms with Gasteiger partial charge in [0.25, 0.3) is 0 Å². The number of hydrogen-bond donors (Lipinski definition) is 1. The average molecular weight is 342 g/mol. The van der Waals surface area contributed by atoms with Crippen LogP contribution >= 0.6 is 0 Å². The van der Waals surface area contributed by atoms with Gasteiger partial charge in [0.1, 0.15) is 16.5 Å². The summed E-state index contributed by atoms with van der Waals surface area (Å²) in [7, 11) is -2.83. The maximum absolute atomic E-state index is 14.0. The van der Waals surface area contributed by atoms with Crippen LogP contribution in [0.2, 0.25) is 0 Å². The molecule has 0 aliphatic rings. The molecule has 2 rings (SSSR count). The number of aromatic carboxylic acids is 1. The van der Waals surface area contributed by atoms with E-state index in [9.17, 15) is 17.6 Å². The molecular weight excluding hydrogens is 327 g/mol. The number of aryl methyl sites for hydroxylation is 2. The molecule has 0 fully saturated rings. The first-order valence-corrected chi connectivity index (χ1v) is 7.99. The Morgan fingerprint density at radius 3 is 2.52 bits per heavy atom. The molecule has 0 atom stereocenters. The normalized spacial score (nSPS) is 11.9. The Balaban J connectivity index is 2.36. The number of aromatic nitrogens is 1. The first-order chi connectivity index (χ1) is 10.6. The van der Waals surface area contributed by atoms with Crippen molar-refractivity contribution in [2.45, 2.75) is 25.3 Å². The van der Waals surface area contributed by atoms with Crippen molar-refractivity contribution in [2.75, 3.05) is 7.05 Å². The summed E-state index contributed by atoms with van der Waals surface area (Å²) in [5.41, 5.74) is 0.819. The Hall–Kier alpha value is -2.26. The summed E-state index contributed by atoms with van der Waals surface area (Å²) < 4.78 is 44.9. The second kappa shape index (κ2) is 6.09. The minimum absolute atomic E-state index is 0.0381. The smallest absolute Gasteiger partial charge is 0.335 e. The van der Waals surface area contributed by atoms with Crippen LogP contribution in [0.15, 0.2) is 27.6 Å². The van der Waals surface area contributed by atoms with Gasteiger partial charge in [-0.1, -0.05) is 5.16 Å². The van der Waals surface area contributed by atoms with E-state index < -0.39 is 26.7 Å². The molecule has 9 heteroatoms. The van der Waals surface area contributed by atoms with Crippen LogP contribution in [0.3, 0.4) is 0 Å². The van der Waals surface area contributed by atoms with Crippen LogP contribution in [-0.2, 0) is 16.6 Å². The summed E-state index contributed by atoms with van der Waals surface area (Å²) >= 11 is 0. The molecule has 0 aliphatic carbocycles. The highest BCUT2D eigenvalue weighted by atomic mass is 32.2. The summed E-state index contributed by atoms with van der Waals surface area (Å²) in [6.45, 7) is 3.29. The molecule has 0 amide bonds. The van der Waals surface area contributed by atoms with Gasteiger partial charge in [-0.3, -0.25) is 0 Å². The van der Waals surface area contributed by atoms with E-state index >= 15 is 0 Å². The topological polar surface area (TPSA) is 101 Å². The van der Waals surface area contributed by atoms with E-state index in [1.165, 1.54) is 7.05 Å². The van der Waals surface area contributed by atoms with E-state index in [-0.39, 0.29) is 12.1 Å². The molecule has 0 unspecified atom stereocenters. The lowest BCUT2D eigenvalue weighted by atomic mass is 10.2. The standard InChI is InChI=1S/C14H15FN2O5S/c1-8-11(9(2)22-16-8)7-17(3)23(20,21)13-5-4-10(14(18)19)6-12(13)15/h4-6H,7H2,1-3H3,(H,18,19). The Morgan fingerprint density at radius 1 is 1.39 bits per heavy atom. The summed E-state index contributed by atoms with van der Waals surface area (Å²) in [6, 6.07) is 2.67. The van der Waals surface area contributed by atoms with Crippen molar-refractivity contribution in [1.82, 2.24) is 9.46 Å². The molecule has 7 nitrogen and oxygen atoms in total. The van der Waals surface area contributed by atoms with Gasteiger partial charge in [-0.2, -0.15) is 4.31 Å². The molecular formula is C14H15FN2O5S. The van der Waals surface area contributed by atoms with E-state index in [0.29, 0.717) is 23.1 Å². The lowest BCUT2D eigenvalue weighted by molar-refractivity contribution is 0.0696. The largest absolute Gasteiger partial charge is 0.478 e. The van der Waals surface area contributed by atoms with Crippen LogP contribution in [0.4, 0.5) is 4.39 Å². The van der Waals surface area contributed by atoms with Crippen molar-refractivity contribution in [1.29, 1.82) is 0 Å². The first kappa shape index (κ1) is 17.1. The predicted molar refractivity (Wildman–Crippen MR) is 78.0 cm³/mol. The number of nitrogens with zero attached hydrogens (tertiary/aromatic N) is 2.